The normalized spacial score (nSPS) is 14.2. The van der Waals surface area contributed by atoms with Gasteiger partial charge >= 0.3 is 0 Å². The summed E-state index contributed by atoms with van der Waals surface area (Å²) in [5.74, 6) is 3.26. The van der Waals surface area contributed by atoms with Gasteiger partial charge in [-0.1, -0.05) is 123 Å². The van der Waals surface area contributed by atoms with Gasteiger partial charge in [-0.3, -0.25) is 4.57 Å². The summed E-state index contributed by atoms with van der Waals surface area (Å²) in [6, 6.07) is 43.8. The average molecular weight is 956 g/mol. The summed E-state index contributed by atoms with van der Waals surface area (Å²) in [6.45, 7) is 23.1. The Morgan fingerprint density at radius 3 is 2.10 bits per heavy atom. The molecule has 0 saturated carbocycles. The maximum absolute atomic E-state index is 6.60. The largest absolute Gasteiger partial charge is 0.510 e. The van der Waals surface area contributed by atoms with Crippen molar-refractivity contribution in [3.8, 4) is 39.8 Å². The summed E-state index contributed by atoms with van der Waals surface area (Å²) in [7, 11) is 0. The third-order valence-corrected chi connectivity index (χ3v) is 12.9. The Labute approximate surface area is 364 Å². The molecule has 0 fully saturated rings. The maximum Gasteiger partial charge on any atom is 0.267 e. The minimum absolute atomic E-state index is 0. The minimum Gasteiger partial charge on any atom is -0.510 e. The second kappa shape index (κ2) is 15.1. The number of hydrogen-bond acceptors (Lipinski definition) is 2. The number of benzene rings is 5. The van der Waals surface area contributed by atoms with Gasteiger partial charge in [-0.2, -0.15) is 18.2 Å². The Bertz CT molecular complexity index is 2840. The van der Waals surface area contributed by atoms with Gasteiger partial charge in [0.05, 0.1) is 11.4 Å². The third-order valence-electron chi connectivity index (χ3n) is 12.9. The average Bonchev–Trinajstić information content (AvgIpc) is 3.81. The fourth-order valence-electron chi connectivity index (χ4n) is 8.88. The predicted molar refractivity (Wildman–Crippen MR) is 236 cm³/mol. The van der Waals surface area contributed by atoms with Crippen molar-refractivity contribution in [2.24, 2.45) is 0 Å². The molecule has 3 aromatic heterocycles. The van der Waals surface area contributed by atoms with Gasteiger partial charge in [0.1, 0.15) is 5.82 Å². The molecule has 0 aliphatic carbocycles. The predicted octanol–water partition coefficient (Wildman–Crippen LogP) is 13.0. The van der Waals surface area contributed by atoms with Crippen LogP contribution in [-0.4, -0.2) is 14.1 Å². The molecule has 4 heterocycles. The Kier molecular flexibility index (Phi) is 10.4. The van der Waals surface area contributed by atoms with Crippen molar-refractivity contribution in [2.45, 2.75) is 97.8 Å². The van der Waals surface area contributed by atoms with Crippen LogP contribution in [0.25, 0.3) is 50.1 Å². The second-order valence-electron chi connectivity index (χ2n) is 18.0. The number of aromatic nitrogens is 4. The van der Waals surface area contributed by atoms with Crippen LogP contribution in [0.1, 0.15) is 115 Å². The molecule has 0 spiro atoms. The zero-order valence-corrected chi connectivity index (χ0v) is 38.0. The molecule has 0 N–H and O–H groups in total. The van der Waals surface area contributed by atoms with Crippen molar-refractivity contribution in [1.29, 1.82) is 0 Å². The molecule has 0 saturated heterocycles. The zero-order chi connectivity index (χ0) is 40.7. The van der Waals surface area contributed by atoms with Gasteiger partial charge in [0.2, 0.25) is 0 Å². The summed E-state index contributed by atoms with van der Waals surface area (Å²) in [5, 5.41) is 2.24. The van der Waals surface area contributed by atoms with Gasteiger partial charge < -0.3 is 13.9 Å². The van der Waals surface area contributed by atoms with Crippen LogP contribution in [0.5, 0.6) is 11.5 Å². The van der Waals surface area contributed by atoms with Crippen LogP contribution < -0.4 is 9.30 Å². The SMILES string of the molecule is CC(C)c1cc(C(C)C)c(-c2ccnc(-n3c4[c-]c(Oc5[c-]c(-n6[c-][n+]7c(c6)C(C)(C)C(C)(C)c6ccccc6-7)ccc5)ccc4c4ccccc43)c2)c(C(C)C)c1.[Pt]. The summed E-state index contributed by atoms with van der Waals surface area (Å²) < 4.78 is 13.1. The molecule has 6 heteroatoms. The Morgan fingerprint density at radius 2 is 1.37 bits per heavy atom. The van der Waals surface area contributed by atoms with Crippen LogP contribution in [0.2, 0.25) is 0 Å². The summed E-state index contributed by atoms with van der Waals surface area (Å²) in [5.41, 5.74) is 13.0. The van der Waals surface area contributed by atoms with Crippen LogP contribution in [0.4, 0.5) is 0 Å². The van der Waals surface area contributed by atoms with Crippen LogP contribution in [0, 0.1) is 18.5 Å². The first-order chi connectivity index (χ1) is 27.7. The molecule has 9 rings (SSSR count). The fraction of sp³-hybridized carbons (Fsp3) is 0.283. The topological polar surface area (TPSA) is 35.9 Å². The number of para-hydroxylation sites is 2. The fourth-order valence-corrected chi connectivity index (χ4v) is 8.88. The van der Waals surface area contributed by atoms with Crippen molar-refractivity contribution in [2.75, 3.05) is 0 Å². The van der Waals surface area contributed by atoms with Crippen LogP contribution in [-0.2, 0) is 31.9 Å². The van der Waals surface area contributed by atoms with Gasteiger partial charge in [0.25, 0.3) is 6.33 Å². The number of hydrogen-bond donors (Lipinski definition) is 0. The van der Waals surface area contributed by atoms with Gasteiger partial charge in [0, 0.05) is 55.9 Å². The van der Waals surface area contributed by atoms with Gasteiger partial charge in [-0.05, 0) is 91.9 Å². The smallest absolute Gasteiger partial charge is 0.267 e. The summed E-state index contributed by atoms with van der Waals surface area (Å²) in [6.07, 6.45) is 7.77. The second-order valence-corrected chi connectivity index (χ2v) is 18.0. The van der Waals surface area contributed by atoms with Gasteiger partial charge in [-0.15, -0.1) is 29.7 Å². The molecule has 5 aromatic carbocycles. The molecule has 8 aromatic rings. The number of rotatable bonds is 8. The van der Waals surface area contributed by atoms with Crippen molar-refractivity contribution in [3.63, 3.8) is 0 Å². The van der Waals surface area contributed by atoms with Crippen LogP contribution in [0.15, 0.2) is 116 Å². The summed E-state index contributed by atoms with van der Waals surface area (Å²) in [4.78, 5) is 5.01. The molecular formula is C53H52N4OPt-2. The van der Waals surface area contributed by atoms with E-state index in [1.54, 1.807) is 0 Å². The first-order valence-corrected chi connectivity index (χ1v) is 20.7. The molecule has 0 bridgehead atoms. The van der Waals surface area contributed by atoms with E-state index in [-0.39, 0.29) is 31.9 Å². The van der Waals surface area contributed by atoms with E-state index in [1.807, 2.05) is 29.0 Å². The summed E-state index contributed by atoms with van der Waals surface area (Å²) >= 11 is 0. The van der Waals surface area contributed by atoms with Gasteiger partial charge in [-0.25, -0.2) is 4.98 Å². The number of fused-ring (bicyclic) bond motifs is 6. The van der Waals surface area contributed by atoms with E-state index in [2.05, 4.69) is 188 Å². The van der Waals surface area contributed by atoms with E-state index in [4.69, 9.17) is 9.72 Å². The van der Waals surface area contributed by atoms with Gasteiger partial charge in [0.15, 0.2) is 0 Å². The molecule has 1 aliphatic heterocycles. The first-order valence-electron chi connectivity index (χ1n) is 20.7. The number of ether oxygens (including phenoxy) is 1. The molecular weight excluding hydrogens is 904 g/mol. The van der Waals surface area contributed by atoms with Crippen molar-refractivity contribution < 1.29 is 30.4 Å². The maximum atomic E-state index is 6.60. The van der Waals surface area contributed by atoms with E-state index in [0.717, 1.165) is 39.0 Å². The van der Waals surface area contributed by atoms with E-state index in [0.29, 0.717) is 29.3 Å². The monoisotopic (exact) mass is 955 g/mol. The Morgan fingerprint density at radius 1 is 0.678 bits per heavy atom. The molecule has 5 nitrogen and oxygen atoms in total. The van der Waals surface area contributed by atoms with E-state index in [9.17, 15) is 0 Å². The van der Waals surface area contributed by atoms with E-state index in [1.165, 1.54) is 39.1 Å². The molecule has 0 amide bonds. The minimum atomic E-state index is -0.139. The van der Waals surface area contributed by atoms with Crippen LogP contribution in [0.3, 0.4) is 0 Å². The molecule has 0 unspecified atom stereocenters. The standard InChI is InChI=1S/C53H52N4O.Pt/c1-33(2)37-26-43(34(3)4)51(44(27-37)35(5)6)36-24-25-54-50(28-36)57-46-20-13-11-18-41(46)42-23-22-40(30-48(42)57)58-39-17-15-16-38(29-39)55-31-49-53(9,10)52(7,8)45-19-12-14-21-47(45)56(49)32-55;/h11-28,31,33-35H,1-10H3;/q-2;. The number of pyridine rings is 1. The third kappa shape index (κ3) is 6.67. The molecule has 59 heavy (non-hydrogen) atoms. The Balaban J connectivity index is 0.00000484. The number of imidazole rings is 1. The molecule has 302 valence electrons. The zero-order valence-electron chi connectivity index (χ0n) is 35.7. The van der Waals surface area contributed by atoms with Crippen LogP contribution >= 0.6 is 0 Å². The number of nitrogens with zero attached hydrogens (tertiary/aromatic N) is 4. The van der Waals surface area contributed by atoms with Crippen molar-refractivity contribution in [1.82, 2.24) is 14.1 Å². The van der Waals surface area contributed by atoms with Crippen molar-refractivity contribution in [3.05, 3.63) is 162 Å². The molecule has 1 aliphatic rings. The first kappa shape index (κ1) is 40.5. The van der Waals surface area contributed by atoms with Crippen molar-refractivity contribution >= 4 is 21.8 Å². The quantitative estimate of drug-likeness (QED) is 0.112. The Hall–Kier alpha value is -5.25. The molecule has 0 atom stereocenters. The molecule has 0 radical (unpaired) electrons. The van der Waals surface area contributed by atoms with E-state index < -0.39 is 0 Å². The van der Waals surface area contributed by atoms with E-state index >= 15 is 0 Å².